The Kier molecular flexibility index (Phi) is 4.79. The summed E-state index contributed by atoms with van der Waals surface area (Å²) in [6.45, 7) is 2.41. The summed E-state index contributed by atoms with van der Waals surface area (Å²) in [6, 6.07) is 5.30. The monoisotopic (exact) mass is 386 g/mol. The molecule has 1 aromatic carbocycles. The molecule has 0 aliphatic carbocycles. The van der Waals surface area contributed by atoms with E-state index in [4.69, 9.17) is 5.73 Å². The van der Waals surface area contributed by atoms with E-state index >= 15 is 0 Å². The maximum atomic E-state index is 13.8. The molecule has 2 N–H and O–H groups in total. The highest BCUT2D eigenvalue weighted by Gasteiger charge is 2.29. The summed E-state index contributed by atoms with van der Waals surface area (Å²) in [5.74, 6) is 0.239. The van der Waals surface area contributed by atoms with Crippen molar-refractivity contribution >= 4 is 28.1 Å². The van der Waals surface area contributed by atoms with Gasteiger partial charge in [-0.25, -0.2) is 14.4 Å². The lowest BCUT2D eigenvalue weighted by molar-refractivity contribution is -0.132. The molecule has 0 saturated carbocycles. The topological polar surface area (TPSA) is 97.9 Å². The number of nitrogens with two attached hydrogens (primary N) is 1. The van der Waals surface area contributed by atoms with Crippen LogP contribution in [0.4, 0.5) is 4.39 Å². The SMILES string of the molecule is Cc1nnc(-c2ccc3cnc(CC(=O)N4CC[C@@H](N)[C@H](F)C4)nc3c2)s1. The summed E-state index contributed by atoms with van der Waals surface area (Å²) < 4.78 is 13.8. The van der Waals surface area contributed by atoms with Crippen molar-refractivity contribution in [2.45, 2.75) is 32.0 Å². The lowest BCUT2D eigenvalue weighted by Crippen LogP contribution is -2.50. The van der Waals surface area contributed by atoms with Crippen LogP contribution in [0.3, 0.4) is 0 Å². The lowest BCUT2D eigenvalue weighted by Gasteiger charge is -2.32. The van der Waals surface area contributed by atoms with Crippen LogP contribution in [-0.2, 0) is 11.2 Å². The van der Waals surface area contributed by atoms with Gasteiger partial charge in [0.1, 0.15) is 22.0 Å². The van der Waals surface area contributed by atoms with Gasteiger partial charge >= 0.3 is 0 Å². The van der Waals surface area contributed by atoms with Crippen molar-refractivity contribution in [3.8, 4) is 10.6 Å². The van der Waals surface area contributed by atoms with Crippen LogP contribution in [0, 0.1) is 6.92 Å². The van der Waals surface area contributed by atoms with Crippen LogP contribution in [0.5, 0.6) is 0 Å². The van der Waals surface area contributed by atoms with Gasteiger partial charge in [0.2, 0.25) is 5.91 Å². The number of hydrogen-bond donors (Lipinski definition) is 1. The highest BCUT2D eigenvalue weighted by atomic mass is 32.1. The fourth-order valence-corrected chi connectivity index (χ4v) is 3.78. The molecular formula is C18H19FN6OS. The average Bonchev–Trinajstić information content (AvgIpc) is 3.09. The van der Waals surface area contributed by atoms with Crippen molar-refractivity contribution in [3.63, 3.8) is 0 Å². The van der Waals surface area contributed by atoms with E-state index < -0.39 is 12.2 Å². The van der Waals surface area contributed by atoms with E-state index in [2.05, 4.69) is 20.2 Å². The second-order valence-corrected chi connectivity index (χ2v) is 7.85. The predicted octanol–water partition coefficient (Wildman–Crippen LogP) is 1.90. The quantitative estimate of drug-likeness (QED) is 0.738. The number of likely N-dealkylation sites (tertiary alicyclic amines) is 1. The van der Waals surface area contributed by atoms with Gasteiger partial charge in [-0.2, -0.15) is 0 Å². The summed E-state index contributed by atoms with van der Waals surface area (Å²) in [6.07, 6.45) is 1.03. The average molecular weight is 386 g/mol. The van der Waals surface area contributed by atoms with Crippen LogP contribution in [0.25, 0.3) is 21.5 Å². The Labute approximate surface area is 159 Å². The van der Waals surface area contributed by atoms with Gasteiger partial charge in [-0.1, -0.05) is 23.5 Å². The van der Waals surface area contributed by atoms with E-state index in [0.29, 0.717) is 18.8 Å². The van der Waals surface area contributed by atoms with Gasteiger partial charge in [-0.05, 0) is 19.4 Å². The van der Waals surface area contributed by atoms with E-state index in [9.17, 15) is 9.18 Å². The number of halogens is 1. The number of aryl methyl sites for hydroxylation is 1. The summed E-state index contributed by atoms with van der Waals surface area (Å²) in [5, 5.41) is 10.8. The third kappa shape index (κ3) is 3.79. The summed E-state index contributed by atoms with van der Waals surface area (Å²) >= 11 is 1.51. The van der Waals surface area contributed by atoms with Crippen LogP contribution >= 0.6 is 11.3 Å². The van der Waals surface area contributed by atoms with Gasteiger partial charge in [0.25, 0.3) is 0 Å². The molecule has 27 heavy (non-hydrogen) atoms. The fraction of sp³-hybridized carbons (Fsp3) is 0.389. The van der Waals surface area contributed by atoms with Crippen LogP contribution < -0.4 is 5.73 Å². The zero-order valence-electron chi connectivity index (χ0n) is 14.8. The minimum absolute atomic E-state index is 0.0358. The van der Waals surface area contributed by atoms with Crippen molar-refractivity contribution in [1.82, 2.24) is 25.1 Å². The van der Waals surface area contributed by atoms with Crippen molar-refractivity contribution < 1.29 is 9.18 Å². The first-order valence-corrected chi connectivity index (χ1v) is 9.55. The Morgan fingerprint density at radius 3 is 3.00 bits per heavy atom. The number of alkyl halides is 1. The molecule has 140 valence electrons. The Morgan fingerprint density at radius 2 is 2.26 bits per heavy atom. The van der Waals surface area contributed by atoms with Gasteiger partial charge in [-0.15, -0.1) is 10.2 Å². The van der Waals surface area contributed by atoms with E-state index in [-0.39, 0.29) is 18.9 Å². The van der Waals surface area contributed by atoms with Crippen molar-refractivity contribution in [2.75, 3.05) is 13.1 Å². The number of benzene rings is 1. The number of aromatic nitrogens is 4. The molecule has 1 aliphatic heterocycles. The molecule has 9 heteroatoms. The maximum Gasteiger partial charge on any atom is 0.230 e. The predicted molar refractivity (Wildman–Crippen MR) is 101 cm³/mol. The van der Waals surface area contributed by atoms with Crippen molar-refractivity contribution in [3.05, 3.63) is 35.2 Å². The van der Waals surface area contributed by atoms with Gasteiger partial charge in [-0.3, -0.25) is 4.79 Å². The van der Waals surface area contributed by atoms with E-state index in [1.807, 2.05) is 25.1 Å². The zero-order chi connectivity index (χ0) is 19.0. The van der Waals surface area contributed by atoms with Gasteiger partial charge < -0.3 is 10.6 Å². The number of rotatable bonds is 3. The number of nitrogens with zero attached hydrogens (tertiary/aromatic N) is 5. The van der Waals surface area contributed by atoms with E-state index in [0.717, 1.165) is 26.5 Å². The standard InChI is InChI=1S/C18H19FN6OS/c1-10-23-24-18(27-10)11-2-3-12-8-21-16(22-15(12)6-11)7-17(26)25-5-4-14(20)13(19)9-25/h2-3,6,8,13-14H,4-5,7,9,20H2,1H3/t13-,14-/m1/s1. The number of hydrogen-bond acceptors (Lipinski definition) is 7. The van der Waals surface area contributed by atoms with Gasteiger partial charge in [0.05, 0.1) is 18.5 Å². The van der Waals surface area contributed by atoms with Crippen molar-refractivity contribution in [1.29, 1.82) is 0 Å². The van der Waals surface area contributed by atoms with E-state index in [1.54, 1.807) is 6.20 Å². The Hall–Kier alpha value is -2.52. The minimum atomic E-state index is -1.18. The molecule has 1 saturated heterocycles. The first-order chi connectivity index (χ1) is 13.0. The first kappa shape index (κ1) is 17.9. The molecule has 7 nitrogen and oxygen atoms in total. The van der Waals surface area contributed by atoms with Gasteiger partial charge in [0, 0.05) is 29.7 Å². The largest absolute Gasteiger partial charge is 0.339 e. The molecule has 0 unspecified atom stereocenters. The summed E-state index contributed by atoms with van der Waals surface area (Å²) in [7, 11) is 0. The normalized spacial score (nSPS) is 20.2. The second kappa shape index (κ2) is 7.24. The molecule has 1 aliphatic rings. The third-order valence-electron chi connectivity index (χ3n) is 4.66. The maximum absolute atomic E-state index is 13.8. The number of carbonyl (C=O) groups is 1. The van der Waals surface area contributed by atoms with Crippen LogP contribution in [0.2, 0.25) is 0 Å². The second-order valence-electron chi connectivity index (χ2n) is 6.67. The van der Waals surface area contributed by atoms with Gasteiger partial charge in [0.15, 0.2) is 0 Å². The summed E-state index contributed by atoms with van der Waals surface area (Å²) in [5.41, 5.74) is 7.34. The number of carbonyl (C=O) groups excluding carboxylic acids is 1. The fourth-order valence-electron chi connectivity index (χ4n) is 3.09. The Morgan fingerprint density at radius 1 is 1.41 bits per heavy atom. The minimum Gasteiger partial charge on any atom is -0.339 e. The van der Waals surface area contributed by atoms with Crippen LogP contribution in [0.15, 0.2) is 24.4 Å². The zero-order valence-corrected chi connectivity index (χ0v) is 15.6. The third-order valence-corrected chi connectivity index (χ3v) is 5.55. The summed E-state index contributed by atoms with van der Waals surface area (Å²) in [4.78, 5) is 22.8. The lowest BCUT2D eigenvalue weighted by atomic mass is 10.0. The molecule has 0 bridgehead atoms. The molecule has 0 radical (unpaired) electrons. The molecule has 2 atom stereocenters. The van der Waals surface area contributed by atoms with Crippen molar-refractivity contribution in [2.24, 2.45) is 5.73 Å². The molecule has 2 aromatic heterocycles. The number of piperidine rings is 1. The number of amides is 1. The molecule has 3 aromatic rings. The molecule has 0 spiro atoms. The Bertz CT molecular complexity index is 993. The highest BCUT2D eigenvalue weighted by molar-refractivity contribution is 7.14. The molecule has 4 rings (SSSR count). The number of fused-ring (bicyclic) bond motifs is 1. The highest BCUT2D eigenvalue weighted by Crippen LogP contribution is 2.26. The Balaban J connectivity index is 1.54. The molecular weight excluding hydrogens is 367 g/mol. The molecule has 3 heterocycles. The van der Waals surface area contributed by atoms with Crippen LogP contribution in [0.1, 0.15) is 17.3 Å². The molecule has 1 amide bonds. The first-order valence-electron chi connectivity index (χ1n) is 8.73. The molecule has 1 fully saturated rings. The smallest absolute Gasteiger partial charge is 0.230 e. The van der Waals surface area contributed by atoms with Crippen LogP contribution in [-0.4, -0.2) is 56.3 Å². The van der Waals surface area contributed by atoms with E-state index in [1.165, 1.54) is 16.2 Å².